The molecule has 0 aliphatic rings. The molecule has 0 saturated heterocycles. The number of nitriles is 1. The zero-order valence-corrected chi connectivity index (χ0v) is 9.28. The Morgan fingerprint density at radius 3 is 2.94 bits per heavy atom. The molecule has 3 aromatic heterocycles. The molecule has 3 heterocycles. The summed E-state index contributed by atoms with van der Waals surface area (Å²) in [6, 6.07) is 10.0. The summed E-state index contributed by atoms with van der Waals surface area (Å²) in [6.45, 7) is 0. The summed E-state index contributed by atoms with van der Waals surface area (Å²) >= 11 is 0. The number of imidazole rings is 2. The van der Waals surface area contributed by atoms with E-state index in [-0.39, 0.29) is 0 Å². The normalized spacial score (nSPS) is 11.3. The van der Waals surface area contributed by atoms with Crippen LogP contribution >= 0.6 is 0 Å². The van der Waals surface area contributed by atoms with Crippen LogP contribution in [0.3, 0.4) is 0 Å². The number of rotatable bonds is 0. The summed E-state index contributed by atoms with van der Waals surface area (Å²) in [5, 5.41) is 9.99. The van der Waals surface area contributed by atoms with Gasteiger partial charge in [0.15, 0.2) is 5.69 Å². The van der Waals surface area contributed by atoms with Crippen molar-refractivity contribution < 1.29 is 0 Å². The molecule has 0 aliphatic carbocycles. The summed E-state index contributed by atoms with van der Waals surface area (Å²) in [5.41, 5.74) is 3.13. The molecule has 0 saturated carbocycles. The third kappa shape index (κ3) is 0.992. The molecule has 0 N–H and O–H groups in total. The molecule has 0 atom stereocenters. The van der Waals surface area contributed by atoms with Gasteiger partial charge in [-0.05, 0) is 12.1 Å². The summed E-state index contributed by atoms with van der Waals surface area (Å²) < 4.78 is 3.89. The quantitative estimate of drug-likeness (QED) is 0.466. The van der Waals surface area contributed by atoms with Crippen LogP contribution in [0.4, 0.5) is 0 Å². The number of benzene rings is 1. The number of hydrogen-bond acceptors (Lipinski definition) is 3. The highest BCUT2D eigenvalue weighted by Gasteiger charge is 2.10. The van der Waals surface area contributed by atoms with E-state index < -0.39 is 0 Å². The average Bonchev–Trinajstić information content (AvgIpc) is 3.05. The molecule has 0 radical (unpaired) electrons. The molecule has 1 aromatic carbocycles. The molecule has 5 nitrogen and oxygen atoms in total. The highest BCUT2D eigenvalue weighted by molar-refractivity contribution is 5.94. The monoisotopic (exact) mass is 233 g/mol. The Morgan fingerprint density at radius 1 is 1.17 bits per heavy atom. The Kier molecular flexibility index (Phi) is 1.57. The van der Waals surface area contributed by atoms with Gasteiger partial charge < -0.3 is 0 Å². The third-order valence-corrected chi connectivity index (χ3v) is 3.09. The molecular formula is C13H7N5. The van der Waals surface area contributed by atoms with E-state index in [1.807, 2.05) is 33.1 Å². The maximum Gasteiger partial charge on any atom is 0.159 e. The fourth-order valence-electron chi connectivity index (χ4n) is 2.32. The highest BCUT2D eigenvalue weighted by Crippen LogP contribution is 2.22. The lowest BCUT2D eigenvalue weighted by Crippen LogP contribution is -1.94. The van der Waals surface area contributed by atoms with Crippen LogP contribution in [0.15, 0.2) is 43.0 Å². The summed E-state index contributed by atoms with van der Waals surface area (Å²) in [5.74, 6) is 0. The van der Waals surface area contributed by atoms with Crippen molar-refractivity contribution in [3.63, 3.8) is 0 Å². The first-order valence-corrected chi connectivity index (χ1v) is 5.50. The minimum atomic E-state index is 0.412. The molecule has 4 aromatic rings. The summed E-state index contributed by atoms with van der Waals surface area (Å²) in [6.07, 6.45) is 5.27. The molecule has 18 heavy (non-hydrogen) atoms. The van der Waals surface area contributed by atoms with Gasteiger partial charge in [-0.25, -0.2) is 9.97 Å². The zero-order valence-electron chi connectivity index (χ0n) is 9.28. The maximum absolute atomic E-state index is 8.99. The van der Waals surface area contributed by atoms with E-state index in [1.165, 1.54) is 0 Å². The first kappa shape index (κ1) is 9.19. The van der Waals surface area contributed by atoms with Crippen molar-refractivity contribution in [1.29, 1.82) is 5.26 Å². The largest absolute Gasteiger partial charge is 0.284 e. The lowest BCUT2D eigenvalue weighted by molar-refractivity contribution is 1.13. The van der Waals surface area contributed by atoms with E-state index in [2.05, 4.69) is 16.0 Å². The second kappa shape index (κ2) is 3.08. The molecular weight excluding hydrogens is 226 g/mol. The predicted octanol–water partition coefficient (Wildman–Crippen LogP) is 2.01. The van der Waals surface area contributed by atoms with Crippen LogP contribution in [0.2, 0.25) is 0 Å². The Balaban J connectivity index is 2.42. The maximum atomic E-state index is 8.99. The van der Waals surface area contributed by atoms with Gasteiger partial charge in [-0.1, -0.05) is 12.1 Å². The van der Waals surface area contributed by atoms with Gasteiger partial charge in [0.25, 0.3) is 0 Å². The van der Waals surface area contributed by atoms with Crippen LogP contribution in [0.25, 0.3) is 22.2 Å². The van der Waals surface area contributed by atoms with E-state index in [0.29, 0.717) is 5.69 Å². The SMILES string of the molecule is N#Cc1cn2c(n1)c1ccccc1n1cncc12. The second-order valence-electron chi connectivity index (χ2n) is 4.07. The van der Waals surface area contributed by atoms with Crippen molar-refractivity contribution in [3.8, 4) is 6.07 Å². The van der Waals surface area contributed by atoms with Gasteiger partial charge >= 0.3 is 0 Å². The molecule has 4 rings (SSSR count). The van der Waals surface area contributed by atoms with Crippen molar-refractivity contribution in [2.75, 3.05) is 0 Å². The van der Waals surface area contributed by atoms with E-state index >= 15 is 0 Å². The van der Waals surface area contributed by atoms with Crippen LogP contribution in [-0.4, -0.2) is 18.8 Å². The van der Waals surface area contributed by atoms with E-state index in [9.17, 15) is 0 Å². The smallest absolute Gasteiger partial charge is 0.159 e. The van der Waals surface area contributed by atoms with Crippen molar-refractivity contribution >= 4 is 22.2 Å². The Morgan fingerprint density at radius 2 is 2.06 bits per heavy atom. The van der Waals surface area contributed by atoms with Gasteiger partial charge in [-0.3, -0.25) is 8.80 Å². The Labute approximate surface area is 102 Å². The fraction of sp³-hybridized carbons (Fsp3) is 0. The minimum absolute atomic E-state index is 0.412. The van der Waals surface area contributed by atoms with Crippen molar-refractivity contribution in [2.24, 2.45) is 0 Å². The summed E-state index contributed by atoms with van der Waals surface area (Å²) in [7, 11) is 0. The Bertz CT molecular complexity index is 938. The van der Waals surface area contributed by atoms with Crippen molar-refractivity contribution in [1.82, 2.24) is 18.8 Å². The van der Waals surface area contributed by atoms with Gasteiger partial charge in [0.2, 0.25) is 0 Å². The predicted molar refractivity (Wildman–Crippen MR) is 66.2 cm³/mol. The highest BCUT2D eigenvalue weighted by atomic mass is 15.1. The topological polar surface area (TPSA) is 58.4 Å². The lowest BCUT2D eigenvalue weighted by Gasteiger charge is -2.04. The van der Waals surface area contributed by atoms with E-state index in [0.717, 1.165) is 22.2 Å². The minimum Gasteiger partial charge on any atom is -0.284 e. The molecule has 0 bridgehead atoms. The van der Waals surface area contributed by atoms with Crippen LogP contribution in [0.5, 0.6) is 0 Å². The van der Waals surface area contributed by atoms with Crippen LogP contribution in [-0.2, 0) is 0 Å². The third-order valence-electron chi connectivity index (χ3n) is 3.09. The molecule has 5 heteroatoms. The van der Waals surface area contributed by atoms with Gasteiger partial charge in [0.05, 0.1) is 11.7 Å². The van der Waals surface area contributed by atoms with Gasteiger partial charge in [-0.2, -0.15) is 5.26 Å². The fourth-order valence-corrected chi connectivity index (χ4v) is 2.32. The molecule has 84 valence electrons. The molecule has 0 spiro atoms. The van der Waals surface area contributed by atoms with Crippen LogP contribution in [0, 0.1) is 11.3 Å². The first-order chi connectivity index (χ1) is 8.88. The van der Waals surface area contributed by atoms with Gasteiger partial charge in [-0.15, -0.1) is 0 Å². The molecule has 0 fully saturated rings. The number of aromatic nitrogens is 4. The van der Waals surface area contributed by atoms with Crippen LogP contribution < -0.4 is 0 Å². The van der Waals surface area contributed by atoms with E-state index in [4.69, 9.17) is 5.26 Å². The Hall–Kier alpha value is -2.87. The van der Waals surface area contributed by atoms with E-state index in [1.54, 1.807) is 18.7 Å². The van der Waals surface area contributed by atoms with Crippen molar-refractivity contribution in [2.45, 2.75) is 0 Å². The van der Waals surface area contributed by atoms with Crippen molar-refractivity contribution in [3.05, 3.63) is 48.7 Å². The van der Waals surface area contributed by atoms with Crippen LogP contribution in [0.1, 0.15) is 5.69 Å². The van der Waals surface area contributed by atoms with Gasteiger partial charge in [0.1, 0.15) is 23.7 Å². The number of fused-ring (bicyclic) bond motifs is 6. The second-order valence-corrected chi connectivity index (χ2v) is 4.07. The average molecular weight is 233 g/mol. The summed E-state index contributed by atoms with van der Waals surface area (Å²) in [4.78, 5) is 8.52. The molecule has 0 amide bonds. The van der Waals surface area contributed by atoms with Gasteiger partial charge in [0, 0.05) is 11.6 Å². The standard InChI is InChI=1S/C13H7N5/c14-5-9-7-17-12-6-15-8-18(12)11-4-2-1-3-10(11)13(17)16-9/h1-4,6-8H. The zero-order chi connectivity index (χ0) is 12.1. The molecule has 0 unspecified atom stereocenters. The number of hydrogen-bond donors (Lipinski definition) is 0. The number of nitrogens with zero attached hydrogens (tertiary/aromatic N) is 5. The lowest BCUT2D eigenvalue weighted by atomic mass is 10.2. The molecule has 0 aliphatic heterocycles. The number of para-hydroxylation sites is 1. The first-order valence-electron chi connectivity index (χ1n) is 5.50.